The summed E-state index contributed by atoms with van der Waals surface area (Å²) < 4.78 is 7.19. The smallest absolute Gasteiger partial charge is 0.142 e. The van der Waals surface area contributed by atoms with Crippen molar-refractivity contribution in [1.29, 1.82) is 0 Å². The SMILES string of the molecule is CC1(C)c2ccccc2-c2ccc(N(c3ccc(-c4ccccc4)cc3)c3ccc(-c4ccc5c(c4)-c4ccccc4C54c5ccccc5-c5c(-c6ccccc6)oc(-c6ccccc6)c54)cc3)cc21. The van der Waals surface area contributed by atoms with Crippen LogP contribution < -0.4 is 4.90 Å². The molecule has 0 aliphatic heterocycles. The van der Waals surface area contributed by atoms with Crippen molar-refractivity contribution in [2.75, 3.05) is 4.90 Å². The highest BCUT2D eigenvalue weighted by molar-refractivity contribution is 6.02. The number of benzene rings is 10. The van der Waals surface area contributed by atoms with Gasteiger partial charge in [-0.2, -0.15) is 0 Å². The summed E-state index contributed by atoms with van der Waals surface area (Å²) in [5, 5.41) is 0. The second-order valence-electron chi connectivity index (χ2n) is 19.5. The van der Waals surface area contributed by atoms with Gasteiger partial charge in [0.15, 0.2) is 0 Å². The van der Waals surface area contributed by atoms with E-state index in [0.717, 1.165) is 39.7 Å². The Balaban J connectivity index is 0.906. The standard InChI is InChI=1S/C68H47NO/c1-67(2)58-27-15-12-24-53(58)55-40-39-52(43-62(55)67)69(50-35-30-45(31-36-50)44-18-6-3-7-19-44)51-37-32-46(33-38-51)49-34-41-61-57(42-49)54-25-13-16-28-59(54)68(61)60-29-17-14-26-56(60)63-64(68)66(48-22-10-5-11-23-48)70-65(63)47-20-8-4-9-21-47/h3-43H,1-2H3. The van der Waals surface area contributed by atoms with Crippen LogP contribution in [-0.2, 0) is 10.8 Å². The minimum atomic E-state index is -0.579. The highest BCUT2D eigenvalue weighted by atomic mass is 16.3. The average molecular weight is 894 g/mol. The van der Waals surface area contributed by atoms with Crippen molar-refractivity contribution in [1.82, 2.24) is 0 Å². The molecule has 0 fully saturated rings. The van der Waals surface area contributed by atoms with Crippen LogP contribution in [0.1, 0.15) is 47.2 Å². The number of rotatable bonds is 7. The Kier molecular flexibility index (Phi) is 8.88. The van der Waals surface area contributed by atoms with Gasteiger partial charge in [-0.1, -0.05) is 220 Å². The van der Waals surface area contributed by atoms with E-state index in [4.69, 9.17) is 4.42 Å². The van der Waals surface area contributed by atoms with Gasteiger partial charge in [-0.25, -0.2) is 0 Å². The van der Waals surface area contributed by atoms with Crippen LogP contribution in [-0.4, -0.2) is 0 Å². The molecule has 70 heavy (non-hydrogen) atoms. The fourth-order valence-electron chi connectivity index (χ4n) is 12.3. The number of hydrogen-bond acceptors (Lipinski definition) is 2. The van der Waals surface area contributed by atoms with Crippen molar-refractivity contribution in [3.05, 3.63) is 282 Å². The molecule has 10 aromatic carbocycles. The van der Waals surface area contributed by atoms with E-state index in [2.05, 4.69) is 267 Å². The Morgan fingerprint density at radius 2 is 0.729 bits per heavy atom. The zero-order valence-corrected chi connectivity index (χ0v) is 39.0. The molecule has 1 heterocycles. The van der Waals surface area contributed by atoms with E-state index < -0.39 is 5.41 Å². The molecule has 0 amide bonds. The summed E-state index contributed by atoms with van der Waals surface area (Å²) in [5.41, 5.74) is 24.9. The minimum Gasteiger partial charge on any atom is -0.455 e. The minimum absolute atomic E-state index is 0.119. The van der Waals surface area contributed by atoms with Crippen molar-refractivity contribution in [2.24, 2.45) is 0 Å². The first kappa shape index (κ1) is 40.4. The lowest BCUT2D eigenvalue weighted by Crippen LogP contribution is -2.26. The fraction of sp³-hybridized carbons (Fsp3) is 0.0588. The zero-order valence-electron chi connectivity index (χ0n) is 39.0. The van der Waals surface area contributed by atoms with Crippen LogP contribution in [0.4, 0.5) is 17.1 Å². The molecular weight excluding hydrogens is 847 g/mol. The van der Waals surface area contributed by atoms with Crippen LogP contribution in [0.5, 0.6) is 0 Å². The molecule has 330 valence electrons. The third-order valence-electron chi connectivity index (χ3n) is 15.5. The molecule has 2 heteroatoms. The second-order valence-corrected chi connectivity index (χ2v) is 19.5. The number of anilines is 3. The summed E-state index contributed by atoms with van der Waals surface area (Å²) in [4.78, 5) is 2.41. The van der Waals surface area contributed by atoms with Crippen LogP contribution >= 0.6 is 0 Å². The molecule has 0 N–H and O–H groups in total. The molecule has 2 nitrogen and oxygen atoms in total. The first-order valence-electron chi connectivity index (χ1n) is 24.4. The van der Waals surface area contributed by atoms with Gasteiger partial charge in [-0.05, 0) is 120 Å². The quantitative estimate of drug-likeness (QED) is 0.158. The molecule has 11 aromatic rings. The number of fused-ring (bicyclic) bond motifs is 13. The van der Waals surface area contributed by atoms with E-state index >= 15 is 0 Å². The molecule has 1 aromatic heterocycles. The van der Waals surface area contributed by atoms with E-state index in [1.165, 1.54) is 89.0 Å². The van der Waals surface area contributed by atoms with E-state index in [1.54, 1.807) is 0 Å². The van der Waals surface area contributed by atoms with Gasteiger partial charge in [0, 0.05) is 44.7 Å². The lowest BCUT2D eigenvalue weighted by molar-refractivity contribution is 0.588. The van der Waals surface area contributed by atoms with Gasteiger partial charge in [0.05, 0.1) is 5.41 Å². The highest BCUT2D eigenvalue weighted by Crippen LogP contribution is 2.67. The van der Waals surface area contributed by atoms with E-state index in [-0.39, 0.29) is 5.41 Å². The number of hydrogen-bond donors (Lipinski definition) is 0. The first-order chi connectivity index (χ1) is 34.5. The van der Waals surface area contributed by atoms with Gasteiger partial charge in [0.1, 0.15) is 11.5 Å². The third-order valence-corrected chi connectivity index (χ3v) is 15.5. The van der Waals surface area contributed by atoms with Crippen molar-refractivity contribution in [3.8, 4) is 78.3 Å². The van der Waals surface area contributed by atoms with Gasteiger partial charge >= 0.3 is 0 Å². The highest BCUT2D eigenvalue weighted by Gasteiger charge is 2.55. The van der Waals surface area contributed by atoms with Gasteiger partial charge in [-0.15, -0.1) is 0 Å². The Hall–Kier alpha value is -8.72. The topological polar surface area (TPSA) is 16.4 Å². The summed E-state index contributed by atoms with van der Waals surface area (Å²) in [5.74, 6) is 1.83. The Bertz CT molecular complexity index is 3830. The van der Waals surface area contributed by atoms with Crippen molar-refractivity contribution in [3.63, 3.8) is 0 Å². The molecule has 14 rings (SSSR count). The molecule has 0 radical (unpaired) electrons. The second kappa shape index (κ2) is 15.4. The van der Waals surface area contributed by atoms with Crippen LogP contribution in [0, 0.1) is 0 Å². The van der Waals surface area contributed by atoms with Gasteiger partial charge in [-0.3, -0.25) is 0 Å². The monoisotopic (exact) mass is 893 g/mol. The van der Waals surface area contributed by atoms with Gasteiger partial charge in [0.25, 0.3) is 0 Å². The average Bonchev–Trinajstić information content (AvgIpc) is 4.12. The van der Waals surface area contributed by atoms with Crippen molar-refractivity contribution < 1.29 is 4.42 Å². The largest absolute Gasteiger partial charge is 0.455 e. The fourth-order valence-corrected chi connectivity index (χ4v) is 12.3. The van der Waals surface area contributed by atoms with E-state index in [0.29, 0.717) is 0 Å². The number of nitrogens with zero attached hydrogens (tertiary/aromatic N) is 1. The molecule has 0 saturated carbocycles. The lowest BCUT2D eigenvalue weighted by Gasteiger charge is -2.30. The summed E-state index contributed by atoms with van der Waals surface area (Å²) >= 11 is 0. The normalized spacial score (nSPS) is 15.2. The van der Waals surface area contributed by atoms with Gasteiger partial charge < -0.3 is 9.32 Å². The molecule has 0 saturated heterocycles. The predicted molar refractivity (Wildman–Crippen MR) is 289 cm³/mol. The zero-order chi connectivity index (χ0) is 46.6. The van der Waals surface area contributed by atoms with Gasteiger partial charge in [0.2, 0.25) is 0 Å². The van der Waals surface area contributed by atoms with Crippen LogP contribution in [0.2, 0.25) is 0 Å². The van der Waals surface area contributed by atoms with Crippen LogP contribution in [0.25, 0.3) is 78.3 Å². The van der Waals surface area contributed by atoms with Crippen LogP contribution in [0.15, 0.2) is 253 Å². The van der Waals surface area contributed by atoms with E-state index in [9.17, 15) is 0 Å². The third kappa shape index (κ3) is 5.80. The molecule has 3 aliphatic rings. The Morgan fingerprint density at radius 3 is 1.36 bits per heavy atom. The summed E-state index contributed by atoms with van der Waals surface area (Å²) in [6.45, 7) is 4.71. The molecule has 1 atom stereocenters. The molecule has 3 aliphatic carbocycles. The lowest BCUT2D eigenvalue weighted by atomic mass is 9.70. The van der Waals surface area contributed by atoms with Crippen LogP contribution in [0.3, 0.4) is 0 Å². The summed E-state index contributed by atoms with van der Waals surface area (Å²) in [6, 6.07) is 91.2. The molecule has 1 unspecified atom stereocenters. The molecule has 1 spiro atoms. The Labute approximate surface area is 409 Å². The number of furan rings is 1. The maximum Gasteiger partial charge on any atom is 0.142 e. The van der Waals surface area contributed by atoms with Crippen molar-refractivity contribution >= 4 is 17.1 Å². The summed E-state index contributed by atoms with van der Waals surface area (Å²) in [7, 11) is 0. The molecular formula is C68H47NO. The van der Waals surface area contributed by atoms with E-state index in [1.807, 2.05) is 0 Å². The maximum atomic E-state index is 7.19. The first-order valence-corrected chi connectivity index (χ1v) is 24.4. The summed E-state index contributed by atoms with van der Waals surface area (Å²) in [6.07, 6.45) is 0. The Morgan fingerprint density at radius 1 is 0.300 bits per heavy atom. The van der Waals surface area contributed by atoms with Crippen molar-refractivity contribution in [2.45, 2.75) is 24.7 Å². The predicted octanol–water partition coefficient (Wildman–Crippen LogP) is 18.1. The molecule has 0 bridgehead atoms. The maximum absolute atomic E-state index is 7.19.